The minimum Gasteiger partial charge on any atom is -0.477 e. The van der Waals surface area contributed by atoms with E-state index in [1.807, 2.05) is 0 Å². The van der Waals surface area contributed by atoms with Gasteiger partial charge in [0.2, 0.25) is 0 Å². The lowest BCUT2D eigenvalue weighted by Gasteiger charge is -2.24. The van der Waals surface area contributed by atoms with Crippen LogP contribution >= 0.6 is 23.2 Å². The molecule has 1 aliphatic carbocycles. The summed E-state index contributed by atoms with van der Waals surface area (Å²) in [4.78, 5) is 13.2. The first-order chi connectivity index (χ1) is 12.7. The second kappa shape index (κ2) is 7.57. The van der Waals surface area contributed by atoms with Crippen LogP contribution in [0.4, 0.5) is 5.69 Å². The minimum absolute atomic E-state index is 0.0946. The number of benzene rings is 1. The lowest BCUT2D eigenvalue weighted by molar-refractivity contribution is -0.131. The molecule has 0 bridgehead atoms. The van der Waals surface area contributed by atoms with E-state index in [0.717, 1.165) is 30.4 Å². The summed E-state index contributed by atoms with van der Waals surface area (Å²) in [6, 6.07) is 8.43. The Morgan fingerprint density at radius 2 is 1.93 bits per heavy atom. The SMILES string of the molecule is CN1/C(=C\C=C2\CCCC(/C=C(\Cl)C(=O)O)=C2Cl)C(C)(C)c2ccccc21. The number of halogens is 2. The Morgan fingerprint density at radius 1 is 1.22 bits per heavy atom. The van der Waals surface area contributed by atoms with Crippen LogP contribution in [0.25, 0.3) is 0 Å². The van der Waals surface area contributed by atoms with Gasteiger partial charge in [-0.15, -0.1) is 0 Å². The van der Waals surface area contributed by atoms with Crippen molar-refractivity contribution < 1.29 is 9.90 Å². The van der Waals surface area contributed by atoms with Gasteiger partial charge in [-0.1, -0.05) is 61.3 Å². The van der Waals surface area contributed by atoms with Crippen LogP contribution in [0, 0.1) is 0 Å². The normalized spacial score (nSPS) is 22.6. The number of fused-ring (bicyclic) bond motifs is 1. The molecule has 0 atom stereocenters. The summed E-state index contributed by atoms with van der Waals surface area (Å²) in [5.41, 5.74) is 5.42. The Bertz CT molecular complexity index is 907. The van der Waals surface area contributed by atoms with E-state index in [2.05, 4.69) is 62.2 Å². The molecular weight excluding hydrogens is 381 g/mol. The highest BCUT2D eigenvalue weighted by Gasteiger charge is 2.37. The fraction of sp³-hybridized carbons (Fsp3) is 0.318. The van der Waals surface area contributed by atoms with Gasteiger partial charge in [0.1, 0.15) is 5.03 Å². The molecule has 0 unspecified atom stereocenters. The Kier molecular flexibility index (Phi) is 5.55. The van der Waals surface area contributed by atoms with E-state index in [1.54, 1.807) is 0 Å². The van der Waals surface area contributed by atoms with Gasteiger partial charge in [-0.05, 0) is 54.2 Å². The molecule has 0 amide bonds. The van der Waals surface area contributed by atoms with Crippen LogP contribution in [0.3, 0.4) is 0 Å². The van der Waals surface area contributed by atoms with Gasteiger partial charge in [-0.25, -0.2) is 4.79 Å². The summed E-state index contributed by atoms with van der Waals surface area (Å²) in [5.74, 6) is -1.14. The van der Waals surface area contributed by atoms with Gasteiger partial charge >= 0.3 is 5.97 Å². The van der Waals surface area contributed by atoms with Gasteiger partial charge in [0.05, 0.1) is 0 Å². The molecule has 1 heterocycles. The molecule has 27 heavy (non-hydrogen) atoms. The predicted molar refractivity (Wildman–Crippen MR) is 112 cm³/mol. The summed E-state index contributed by atoms with van der Waals surface area (Å²) < 4.78 is 0. The monoisotopic (exact) mass is 403 g/mol. The van der Waals surface area contributed by atoms with E-state index in [4.69, 9.17) is 28.3 Å². The van der Waals surface area contributed by atoms with Crippen molar-refractivity contribution in [2.24, 2.45) is 0 Å². The fourth-order valence-electron chi connectivity index (χ4n) is 3.88. The molecule has 0 aromatic heterocycles. The number of nitrogens with zero attached hydrogens (tertiary/aromatic N) is 1. The largest absolute Gasteiger partial charge is 0.477 e. The van der Waals surface area contributed by atoms with Crippen molar-refractivity contribution in [3.05, 3.63) is 75.0 Å². The van der Waals surface area contributed by atoms with Crippen molar-refractivity contribution in [1.82, 2.24) is 0 Å². The third-order valence-electron chi connectivity index (χ3n) is 5.34. The summed E-state index contributed by atoms with van der Waals surface area (Å²) >= 11 is 12.3. The smallest absolute Gasteiger partial charge is 0.347 e. The number of hydrogen-bond acceptors (Lipinski definition) is 2. The van der Waals surface area contributed by atoms with Crippen LogP contribution in [0.5, 0.6) is 0 Å². The molecule has 5 heteroatoms. The van der Waals surface area contributed by atoms with Gasteiger partial charge in [0.25, 0.3) is 0 Å². The van der Waals surface area contributed by atoms with E-state index in [-0.39, 0.29) is 10.4 Å². The molecule has 3 rings (SSSR count). The zero-order valence-electron chi connectivity index (χ0n) is 15.7. The summed E-state index contributed by atoms with van der Waals surface area (Å²) in [6.07, 6.45) is 8.16. The number of likely N-dealkylation sites (N-methyl/N-ethyl adjacent to an activating group) is 1. The summed E-state index contributed by atoms with van der Waals surface area (Å²) in [7, 11) is 2.08. The maximum absolute atomic E-state index is 11.0. The van der Waals surface area contributed by atoms with Gasteiger partial charge in [-0.3, -0.25) is 0 Å². The number of hydrogen-bond donors (Lipinski definition) is 1. The standard InChI is InChI=1S/C22H23Cl2NO2/c1-22(2)16-9-4-5-10-18(16)25(3)19(22)12-11-14-7-6-8-15(20(14)24)13-17(23)21(26)27/h4-5,9-13H,6-8H2,1-3H3,(H,26,27)/b14-11-,17-13-,19-12-. The lowest BCUT2D eigenvalue weighted by Crippen LogP contribution is -2.22. The van der Waals surface area contributed by atoms with Crippen molar-refractivity contribution in [3.63, 3.8) is 0 Å². The quantitative estimate of drug-likeness (QED) is 0.618. The third kappa shape index (κ3) is 3.71. The van der Waals surface area contributed by atoms with Crippen LogP contribution in [0.15, 0.2) is 69.4 Å². The molecule has 142 valence electrons. The van der Waals surface area contributed by atoms with E-state index in [9.17, 15) is 4.79 Å². The Morgan fingerprint density at radius 3 is 2.59 bits per heavy atom. The molecule has 0 fully saturated rings. The number of carboxylic acids is 1. The van der Waals surface area contributed by atoms with Gasteiger partial charge in [0, 0.05) is 28.9 Å². The first kappa shape index (κ1) is 19.8. The van der Waals surface area contributed by atoms with Crippen LogP contribution in [0.2, 0.25) is 0 Å². The predicted octanol–water partition coefficient (Wildman–Crippen LogP) is 6.11. The van der Waals surface area contributed by atoms with Crippen LogP contribution < -0.4 is 4.90 Å². The lowest BCUT2D eigenvalue weighted by atomic mass is 9.83. The topological polar surface area (TPSA) is 40.5 Å². The van der Waals surface area contributed by atoms with Crippen LogP contribution in [-0.2, 0) is 10.2 Å². The first-order valence-electron chi connectivity index (χ1n) is 8.97. The van der Waals surface area contributed by atoms with Crippen molar-refractivity contribution in [2.75, 3.05) is 11.9 Å². The van der Waals surface area contributed by atoms with Crippen LogP contribution in [-0.4, -0.2) is 18.1 Å². The Balaban J connectivity index is 1.98. The average molecular weight is 404 g/mol. The average Bonchev–Trinajstić information content (AvgIpc) is 2.82. The molecule has 0 radical (unpaired) electrons. The molecule has 0 spiro atoms. The molecule has 2 aliphatic rings. The first-order valence-corrected chi connectivity index (χ1v) is 9.73. The zero-order valence-corrected chi connectivity index (χ0v) is 17.2. The number of para-hydroxylation sites is 1. The number of aliphatic carboxylic acids is 1. The molecule has 1 aromatic carbocycles. The highest BCUT2D eigenvalue weighted by molar-refractivity contribution is 6.41. The number of allylic oxidation sites excluding steroid dienone is 7. The minimum atomic E-state index is -1.14. The maximum atomic E-state index is 11.0. The highest BCUT2D eigenvalue weighted by atomic mass is 35.5. The van der Waals surface area contributed by atoms with E-state index in [1.165, 1.54) is 23.0 Å². The van der Waals surface area contributed by atoms with Crippen molar-refractivity contribution in [2.45, 2.75) is 38.5 Å². The second-order valence-electron chi connectivity index (χ2n) is 7.44. The third-order valence-corrected chi connectivity index (χ3v) is 6.10. The van der Waals surface area contributed by atoms with Gasteiger partial charge in [-0.2, -0.15) is 0 Å². The van der Waals surface area contributed by atoms with Gasteiger partial charge < -0.3 is 10.0 Å². The van der Waals surface area contributed by atoms with E-state index in [0.29, 0.717) is 5.03 Å². The molecule has 3 nitrogen and oxygen atoms in total. The maximum Gasteiger partial charge on any atom is 0.347 e. The Labute approximate surface area is 170 Å². The van der Waals surface area contributed by atoms with Gasteiger partial charge in [0.15, 0.2) is 0 Å². The summed E-state index contributed by atoms with van der Waals surface area (Å²) in [6.45, 7) is 4.44. The van der Waals surface area contributed by atoms with Crippen molar-refractivity contribution in [3.8, 4) is 0 Å². The molecule has 0 saturated carbocycles. The molecule has 0 saturated heterocycles. The molecule has 1 N–H and O–H groups in total. The zero-order chi connectivity index (χ0) is 19.8. The fourth-order valence-corrected chi connectivity index (χ4v) is 4.32. The van der Waals surface area contributed by atoms with E-state index < -0.39 is 5.97 Å². The molecular formula is C22H23Cl2NO2. The second-order valence-corrected chi connectivity index (χ2v) is 8.22. The number of carboxylic acid groups (broad SMARTS) is 1. The number of carbonyl (C=O) groups is 1. The Hall–Kier alpha value is -1.97. The van der Waals surface area contributed by atoms with Crippen molar-refractivity contribution >= 4 is 34.9 Å². The van der Waals surface area contributed by atoms with Crippen LogP contribution in [0.1, 0.15) is 38.7 Å². The number of anilines is 1. The summed E-state index contributed by atoms with van der Waals surface area (Å²) in [5, 5.41) is 9.38. The van der Waals surface area contributed by atoms with Crippen molar-refractivity contribution in [1.29, 1.82) is 0 Å². The highest BCUT2D eigenvalue weighted by Crippen LogP contribution is 2.46. The molecule has 1 aliphatic heterocycles. The van der Waals surface area contributed by atoms with E-state index >= 15 is 0 Å². The number of rotatable bonds is 3. The molecule has 1 aromatic rings.